The Balaban J connectivity index is 1.55. The molecule has 3 rings (SSSR count). The number of ether oxygens (including phenoxy) is 3. The lowest BCUT2D eigenvalue weighted by atomic mass is 9.85. The van der Waals surface area contributed by atoms with Crippen molar-refractivity contribution in [1.82, 2.24) is 4.90 Å². The number of esters is 1. The fraction of sp³-hybridized carbons (Fsp3) is 0.611. The second-order valence-corrected chi connectivity index (χ2v) is 6.42. The van der Waals surface area contributed by atoms with Crippen LogP contribution in [-0.4, -0.2) is 44.3 Å². The highest BCUT2D eigenvalue weighted by atomic mass is 16.6. The topological polar surface area (TPSA) is 48.0 Å². The molecule has 0 spiro atoms. The molecule has 1 aromatic carbocycles. The molecule has 0 atom stereocenters. The van der Waals surface area contributed by atoms with Crippen LogP contribution in [0.25, 0.3) is 0 Å². The average molecular weight is 319 g/mol. The molecule has 1 aliphatic heterocycles. The van der Waals surface area contributed by atoms with Crippen LogP contribution in [0.5, 0.6) is 11.5 Å². The van der Waals surface area contributed by atoms with Crippen LogP contribution in [0, 0.1) is 5.92 Å². The molecule has 0 saturated heterocycles. The summed E-state index contributed by atoms with van der Waals surface area (Å²) < 4.78 is 16.1. The molecule has 1 saturated carbocycles. The van der Waals surface area contributed by atoms with Gasteiger partial charge >= 0.3 is 5.97 Å². The van der Waals surface area contributed by atoms with Crippen molar-refractivity contribution in [3.05, 3.63) is 23.8 Å². The van der Waals surface area contributed by atoms with Gasteiger partial charge < -0.3 is 14.2 Å². The lowest BCUT2D eigenvalue weighted by molar-refractivity contribution is -0.146. The molecule has 0 N–H and O–H groups in total. The van der Waals surface area contributed by atoms with Crippen molar-refractivity contribution in [3.63, 3.8) is 0 Å². The highest BCUT2D eigenvalue weighted by Gasteiger charge is 2.28. The Labute approximate surface area is 137 Å². The van der Waals surface area contributed by atoms with Gasteiger partial charge in [-0.05, 0) is 50.4 Å². The van der Waals surface area contributed by atoms with Gasteiger partial charge in [0.25, 0.3) is 0 Å². The Morgan fingerprint density at radius 2 is 1.87 bits per heavy atom. The predicted molar refractivity (Wildman–Crippen MR) is 86.7 cm³/mol. The van der Waals surface area contributed by atoms with Crippen molar-refractivity contribution >= 4 is 5.97 Å². The summed E-state index contributed by atoms with van der Waals surface area (Å²) in [7, 11) is 3.63. The van der Waals surface area contributed by atoms with E-state index in [0.717, 1.165) is 43.7 Å². The predicted octanol–water partition coefficient (Wildman–Crippen LogP) is 2.62. The first-order valence-electron chi connectivity index (χ1n) is 8.34. The van der Waals surface area contributed by atoms with E-state index in [-0.39, 0.29) is 11.9 Å². The summed E-state index contributed by atoms with van der Waals surface area (Å²) >= 11 is 0. The molecule has 2 aliphatic rings. The second-order valence-electron chi connectivity index (χ2n) is 6.42. The summed E-state index contributed by atoms with van der Waals surface area (Å²) in [6, 6.07) is 6.69. The molecule has 0 aromatic heterocycles. The van der Waals surface area contributed by atoms with Crippen LogP contribution in [0.2, 0.25) is 0 Å². The third-order valence-electron chi connectivity index (χ3n) is 4.89. The number of methoxy groups -OCH3 is 1. The minimum atomic E-state index is -0.0575. The summed E-state index contributed by atoms with van der Waals surface area (Å²) in [6.45, 7) is 2.11. The Morgan fingerprint density at radius 1 is 1.17 bits per heavy atom. The zero-order valence-corrected chi connectivity index (χ0v) is 13.9. The standard InChI is InChI=1S/C18H25NO4/c1-19(15-6-4-14(5-7-15)18(20)21-2)12-13-3-8-16-17(11-13)23-10-9-22-16/h3,8,11,14-15H,4-7,9-10,12H2,1-2H3. The first-order chi connectivity index (χ1) is 11.2. The van der Waals surface area contributed by atoms with Crippen molar-refractivity contribution in [2.24, 2.45) is 5.92 Å². The third kappa shape index (κ3) is 3.78. The molecule has 1 fully saturated rings. The Bertz CT molecular complexity index is 552. The van der Waals surface area contributed by atoms with Crippen molar-refractivity contribution < 1.29 is 19.0 Å². The van der Waals surface area contributed by atoms with Gasteiger partial charge in [0.05, 0.1) is 13.0 Å². The first kappa shape index (κ1) is 16.1. The van der Waals surface area contributed by atoms with Crippen LogP contribution in [0.15, 0.2) is 18.2 Å². The van der Waals surface area contributed by atoms with Crippen LogP contribution in [-0.2, 0) is 16.1 Å². The van der Waals surface area contributed by atoms with E-state index in [9.17, 15) is 4.79 Å². The van der Waals surface area contributed by atoms with E-state index in [4.69, 9.17) is 14.2 Å². The maximum absolute atomic E-state index is 11.6. The van der Waals surface area contributed by atoms with Gasteiger partial charge in [-0.15, -0.1) is 0 Å². The highest BCUT2D eigenvalue weighted by molar-refractivity contribution is 5.72. The number of benzene rings is 1. The third-order valence-corrected chi connectivity index (χ3v) is 4.89. The minimum absolute atomic E-state index is 0.0575. The van der Waals surface area contributed by atoms with Crippen molar-refractivity contribution in [2.45, 2.75) is 38.3 Å². The molecule has 0 bridgehead atoms. The molecule has 5 nitrogen and oxygen atoms in total. The van der Waals surface area contributed by atoms with E-state index in [0.29, 0.717) is 19.3 Å². The summed E-state index contributed by atoms with van der Waals surface area (Å²) in [6.07, 6.45) is 3.92. The number of hydrogen-bond acceptors (Lipinski definition) is 5. The van der Waals surface area contributed by atoms with Crippen LogP contribution < -0.4 is 9.47 Å². The van der Waals surface area contributed by atoms with Gasteiger partial charge in [0.1, 0.15) is 13.2 Å². The molecule has 23 heavy (non-hydrogen) atoms. The second kappa shape index (κ2) is 7.21. The minimum Gasteiger partial charge on any atom is -0.486 e. The molecule has 0 radical (unpaired) electrons. The Kier molecular flexibility index (Phi) is 5.06. The lowest BCUT2D eigenvalue weighted by Crippen LogP contribution is -2.36. The first-order valence-corrected chi connectivity index (χ1v) is 8.34. The Morgan fingerprint density at radius 3 is 2.57 bits per heavy atom. The zero-order chi connectivity index (χ0) is 16.2. The number of nitrogens with zero attached hydrogens (tertiary/aromatic N) is 1. The van der Waals surface area contributed by atoms with Crippen LogP contribution in [0.3, 0.4) is 0 Å². The smallest absolute Gasteiger partial charge is 0.308 e. The number of rotatable bonds is 4. The van der Waals surface area contributed by atoms with E-state index >= 15 is 0 Å². The molecule has 5 heteroatoms. The van der Waals surface area contributed by atoms with Crippen LogP contribution >= 0.6 is 0 Å². The number of carbonyl (C=O) groups is 1. The molecule has 1 aromatic rings. The van der Waals surface area contributed by atoms with E-state index in [2.05, 4.69) is 24.1 Å². The monoisotopic (exact) mass is 319 g/mol. The van der Waals surface area contributed by atoms with Crippen LogP contribution in [0.4, 0.5) is 0 Å². The van der Waals surface area contributed by atoms with E-state index in [1.165, 1.54) is 12.7 Å². The molecule has 126 valence electrons. The van der Waals surface area contributed by atoms with Gasteiger partial charge in [-0.25, -0.2) is 0 Å². The summed E-state index contributed by atoms with van der Waals surface area (Å²) in [4.78, 5) is 14.0. The van der Waals surface area contributed by atoms with E-state index in [1.807, 2.05) is 6.07 Å². The molecular formula is C18H25NO4. The fourth-order valence-corrected chi connectivity index (χ4v) is 3.52. The SMILES string of the molecule is COC(=O)C1CCC(N(C)Cc2ccc3c(c2)OCCO3)CC1. The molecule has 0 amide bonds. The van der Waals surface area contributed by atoms with Gasteiger partial charge in [-0.3, -0.25) is 9.69 Å². The number of fused-ring (bicyclic) bond motifs is 1. The van der Waals surface area contributed by atoms with E-state index < -0.39 is 0 Å². The van der Waals surface area contributed by atoms with Gasteiger partial charge in [-0.2, -0.15) is 0 Å². The normalized spacial score (nSPS) is 23.6. The number of carbonyl (C=O) groups excluding carboxylic acids is 1. The summed E-state index contributed by atoms with van der Waals surface area (Å²) in [5.74, 6) is 1.70. The molecular weight excluding hydrogens is 294 g/mol. The number of hydrogen-bond donors (Lipinski definition) is 0. The molecule has 1 heterocycles. The summed E-state index contributed by atoms with van der Waals surface area (Å²) in [5.41, 5.74) is 1.23. The van der Waals surface area contributed by atoms with Gasteiger partial charge in [0.15, 0.2) is 11.5 Å². The fourth-order valence-electron chi connectivity index (χ4n) is 3.52. The largest absolute Gasteiger partial charge is 0.486 e. The maximum Gasteiger partial charge on any atom is 0.308 e. The highest BCUT2D eigenvalue weighted by Crippen LogP contribution is 2.32. The zero-order valence-electron chi connectivity index (χ0n) is 13.9. The lowest BCUT2D eigenvalue weighted by Gasteiger charge is -2.34. The molecule has 1 aliphatic carbocycles. The van der Waals surface area contributed by atoms with Gasteiger partial charge in [0, 0.05) is 12.6 Å². The van der Waals surface area contributed by atoms with Crippen molar-refractivity contribution in [2.75, 3.05) is 27.4 Å². The van der Waals surface area contributed by atoms with Crippen molar-refractivity contribution in [3.8, 4) is 11.5 Å². The van der Waals surface area contributed by atoms with Gasteiger partial charge in [0.2, 0.25) is 0 Å². The Hall–Kier alpha value is -1.75. The van der Waals surface area contributed by atoms with Gasteiger partial charge in [-0.1, -0.05) is 6.07 Å². The van der Waals surface area contributed by atoms with Crippen molar-refractivity contribution in [1.29, 1.82) is 0 Å². The van der Waals surface area contributed by atoms with Crippen LogP contribution in [0.1, 0.15) is 31.2 Å². The summed E-state index contributed by atoms with van der Waals surface area (Å²) in [5, 5.41) is 0. The maximum atomic E-state index is 11.6. The van der Waals surface area contributed by atoms with E-state index in [1.54, 1.807) is 0 Å². The molecule has 0 unspecified atom stereocenters. The average Bonchev–Trinajstić information content (AvgIpc) is 2.61. The quantitative estimate of drug-likeness (QED) is 0.799.